The lowest BCUT2D eigenvalue weighted by Crippen LogP contribution is -2.46. The zero-order valence-electron chi connectivity index (χ0n) is 12.0. The molecule has 1 saturated heterocycles. The van der Waals surface area contributed by atoms with Crippen molar-refractivity contribution >= 4 is 16.8 Å². The van der Waals surface area contributed by atoms with Gasteiger partial charge in [0.1, 0.15) is 0 Å². The Morgan fingerprint density at radius 2 is 2.05 bits per heavy atom. The molecule has 2 heterocycles. The van der Waals surface area contributed by atoms with Crippen LogP contribution in [-0.2, 0) is 0 Å². The summed E-state index contributed by atoms with van der Waals surface area (Å²) in [6, 6.07) is 9.55. The molecule has 21 heavy (non-hydrogen) atoms. The molecule has 2 N–H and O–H groups in total. The van der Waals surface area contributed by atoms with Crippen molar-refractivity contribution in [2.45, 2.75) is 0 Å². The number of para-hydroxylation sites is 1. The minimum atomic E-state index is -0.0468. The van der Waals surface area contributed by atoms with Gasteiger partial charge in [-0.15, -0.1) is 0 Å². The normalized spacial score (nSPS) is 16.0. The second-order valence-corrected chi connectivity index (χ2v) is 5.23. The quantitative estimate of drug-likeness (QED) is 0.875. The number of rotatable bonds is 4. The molecule has 0 unspecified atom stereocenters. The Kier molecular flexibility index (Phi) is 4.43. The highest BCUT2D eigenvalue weighted by atomic mass is 16.1. The predicted octanol–water partition coefficient (Wildman–Crippen LogP) is 0.870. The van der Waals surface area contributed by atoms with Crippen LogP contribution in [0.25, 0.3) is 10.9 Å². The van der Waals surface area contributed by atoms with E-state index in [2.05, 4.69) is 20.5 Å². The van der Waals surface area contributed by atoms with Crippen LogP contribution in [0.15, 0.2) is 36.5 Å². The van der Waals surface area contributed by atoms with Gasteiger partial charge in [-0.3, -0.25) is 14.7 Å². The first-order valence-electron chi connectivity index (χ1n) is 7.39. The summed E-state index contributed by atoms with van der Waals surface area (Å²) in [4.78, 5) is 19.0. The number of piperazine rings is 1. The van der Waals surface area contributed by atoms with Gasteiger partial charge in [0.05, 0.1) is 11.1 Å². The Bertz CT molecular complexity index is 617. The van der Waals surface area contributed by atoms with E-state index in [4.69, 9.17) is 0 Å². The molecule has 0 bridgehead atoms. The molecular weight excluding hydrogens is 264 g/mol. The lowest BCUT2D eigenvalue weighted by Gasteiger charge is -2.27. The van der Waals surface area contributed by atoms with E-state index in [1.54, 1.807) is 6.20 Å². The van der Waals surface area contributed by atoms with E-state index >= 15 is 0 Å². The summed E-state index contributed by atoms with van der Waals surface area (Å²) in [6.45, 7) is 5.72. The van der Waals surface area contributed by atoms with Gasteiger partial charge in [-0.25, -0.2) is 0 Å². The molecule has 0 radical (unpaired) electrons. The summed E-state index contributed by atoms with van der Waals surface area (Å²) in [5.41, 5.74) is 1.41. The number of carbonyl (C=O) groups excluding carboxylic acids is 1. The topological polar surface area (TPSA) is 57.3 Å². The summed E-state index contributed by atoms with van der Waals surface area (Å²) < 4.78 is 0. The minimum absolute atomic E-state index is 0.0468. The Morgan fingerprint density at radius 3 is 2.90 bits per heavy atom. The first-order chi connectivity index (χ1) is 10.3. The molecule has 2 aromatic rings. The number of fused-ring (bicyclic) bond motifs is 1. The summed E-state index contributed by atoms with van der Waals surface area (Å²) in [7, 11) is 0. The molecule has 110 valence electrons. The molecule has 1 amide bonds. The molecule has 5 heteroatoms. The van der Waals surface area contributed by atoms with Crippen LogP contribution < -0.4 is 10.6 Å². The van der Waals surface area contributed by atoms with Gasteiger partial charge >= 0.3 is 0 Å². The maximum absolute atomic E-state index is 12.3. The van der Waals surface area contributed by atoms with Crippen LogP contribution in [0.2, 0.25) is 0 Å². The highest BCUT2D eigenvalue weighted by Crippen LogP contribution is 2.15. The zero-order chi connectivity index (χ0) is 14.5. The van der Waals surface area contributed by atoms with Gasteiger partial charge < -0.3 is 10.6 Å². The van der Waals surface area contributed by atoms with Crippen molar-refractivity contribution < 1.29 is 4.79 Å². The monoisotopic (exact) mass is 284 g/mol. The number of carbonyl (C=O) groups is 1. The lowest BCUT2D eigenvalue weighted by atomic mass is 10.1. The van der Waals surface area contributed by atoms with E-state index in [-0.39, 0.29) is 5.91 Å². The molecule has 1 aromatic carbocycles. The number of benzene rings is 1. The van der Waals surface area contributed by atoms with Crippen LogP contribution in [0.4, 0.5) is 0 Å². The van der Waals surface area contributed by atoms with E-state index in [1.807, 2.05) is 30.3 Å². The molecule has 0 saturated carbocycles. The molecule has 0 atom stereocenters. The van der Waals surface area contributed by atoms with Gasteiger partial charge in [-0.05, 0) is 12.1 Å². The van der Waals surface area contributed by atoms with E-state index in [0.29, 0.717) is 12.1 Å². The van der Waals surface area contributed by atoms with Gasteiger partial charge in [-0.2, -0.15) is 0 Å². The van der Waals surface area contributed by atoms with Crippen LogP contribution in [0.1, 0.15) is 10.4 Å². The fraction of sp³-hybridized carbons (Fsp3) is 0.375. The van der Waals surface area contributed by atoms with Crippen molar-refractivity contribution in [2.24, 2.45) is 0 Å². The Balaban J connectivity index is 1.61. The number of nitrogens with zero attached hydrogens (tertiary/aromatic N) is 2. The Hall–Kier alpha value is -1.98. The Labute approximate surface area is 124 Å². The van der Waals surface area contributed by atoms with E-state index < -0.39 is 0 Å². The van der Waals surface area contributed by atoms with Gasteiger partial charge in [0.2, 0.25) is 0 Å². The highest BCUT2D eigenvalue weighted by molar-refractivity contribution is 6.05. The summed E-state index contributed by atoms with van der Waals surface area (Å²) in [5, 5.41) is 7.31. The minimum Gasteiger partial charge on any atom is -0.351 e. The van der Waals surface area contributed by atoms with Crippen LogP contribution in [0.3, 0.4) is 0 Å². The van der Waals surface area contributed by atoms with Crippen LogP contribution in [0.5, 0.6) is 0 Å². The predicted molar refractivity (Wildman–Crippen MR) is 83.4 cm³/mol. The molecule has 3 rings (SSSR count). The maximum Gasteiger partial charge on any atom is 0.253 e. The average molecular weight is 284 g/mol. The summed E-state index contributed by atoms with van der Waals surface area (Å²) >= 11 is 0. The van der Waals surface area contributed by atoms with E-state index in [0.717, 1.165) is 43.6 Å². The number of aromatic nitrogens is 1. The molecule has 0 aliphatic carbocycles. The van der Waals surface area contributed by atoms with Gasteiger partial charge in [0, 0.05) is 50.9 Å². The van der Waals surface area contributed by atoms with Crippen molar-refractivity contribution in [1.82, 2.24) is 20.5 Å². The zero-order valence-corrected chi connectivity index (χ0v) is 12.0. The average Bonchev–Trinajstić information content (AvgIpc) is 2.55. The maximum atomic E-state index is 12.3. The SMILES string of the molecule is O=C(NCCN1CCNCC1)c1cccc2cccnc12. The number of hydrogen-bond donors (Lipinski definition) is 2. The second-order valence-electron chi connectivity index (χ2n) is 5.23. The summed E-state index contributed by atoms with van der Waals surface area (Å²) in [5.74, 6) is -0.0468. The van der Waals surface area contributed by atoms with Crippen LogP contribution >= 0.6 is 0 Å². The number of amides is 1. The molecule has 1 aromatic heterocycles. The first-order valence-corrected chi connectivity index (χ1v) is 7.39. The first kappa shape index (κ1) is 14.0. The fourth-order valence-electron chi connectivity index (χ4n) is 2.64. The van der Waals surface area contributed by atoms with Crippen molar-refractivity contribution in [1.29, 1.82) is 0 Å². The van der Waals surface area contributed by atoms with Gasteiger partial charge in [0.15, 0.2) is 0 Å². The van der Waals surface area contributed by atoms with Gasteiger partial charge in [-0.1, -0.05) is 18.2 Å². The smallest absolute Gasteiger partial charge is 0.253 e. The van der Waals surface area contributed by atoms with Crippen molar-refractivity contribution in [2.75, 3.05) is 39.3 Å². The molecule has 5 nitrogen and oxygen atoms in total. The number of hydrogen-bond acceptors (Lipinski definition) is 4. The third-order valence-electron chi connectivity index (χ3n) is 3.80. The fourth-order valence-corrected chi connectivity index (χ4v) is 2.64. The van der Waals surface area contributed by atoms with Crippen molar-refractivity contribution in [3.05, 3.63) is 42.1 Å². The van der Waals surface area contributed by atoms with E-state index in [9.17, 15) is 4.79 Å². The van der Waals surface area contributed by atoms with Gasteiger partial charge in [0.25, 0.3) is 5.91 Å². The standard InChI is InChI=1S/C16H20N4O/c21-16(19-9-12-20-10-7-17-8-11-20)14-5-1-3-13-4-2-6-18-15(13)14/h1-6,17H,7-12H2,(H,19,21). The number of pyridine rings is 1. The van der Waals surface area contributed by atoms with Crippen molar-refractivity contribution in [3.8, 4) is 0 Å². The molecule has 0 spiro atoms. The molecule has 1 aliphatic rings. The Morgan fingerprint density at radius 1 is 1.24 bits per heavy atom. The highest BCUT2D eigenvalue weighted by Gasteiger charge is 2.12. The van der Waals surface area contributed by atoms with Crippen molar-refractivity contribution in [3.63, 3.8) is 0 Å². The third kappa shape index (κ3) is 3.37. The second kappa shape index (κ2) is 6.65. The third-order valence-corrected chi connectivity index (χ3v) is 3.80. The molecular formula is C16H20N4O. The largest absolute Gasteiger partial charge is 0.351 e. The molecule has 1 fully saturated rings. The number of nitrogens with one attached hydrogen (secondary N) is 2. The lowest BCUT2D eigenvalue weighted by molar-refractivity contribution is 0.0949. The molecule has 1 aliphatic heterocycles. The van der Waals surface area contributed by atoms with Crippen LogP contribution in [-0.4, -0.2) is 55.1 Å². The van der Waals surface area contributed by atoms with Crippen LogP contribution in [0, 0.1) is 0 Å². The van der Waals surface area contributed by atoms with E-state index in [1.165, 1.54) is 0 Å². The summed E-state index contributed by atoms with van der Waals surface area (Å²) in [6.07, 6.45) is 1.72.